The number of sulfonamides is 1. The van der Waals surface area contributed by atoms with Crippen molar-refractivity contribution in [3.05, 3.63) is 52.6 Å². The second-order valence-corrected chi connectivity index (χ2v) is 8.89. The van der Waals surface area contributed by atoms with E-state index in [1.54, 1.807) is 20.8 Å². The van der Waals surface area contributed by atoms with Gasteiger partial charge in [-0.1, -0.05) is 0 Å². The van der Waals surface area contributed by atoms with Gasteiger partial charge in [-0.15, -0.1) is 0 Å². The Hall–Kier alpha value is -2.52. The van der Waals surface area contributed by atoms with E-state index in [2.05, 4.69) is 4.98 Å². The number of carbonyl (C=O) groups is 2. The molecule has 9 heteroatoms. The first-order valence-electron chi connectivity index (χ1n) is 9.33. The molecule has 29 heavy (non-hydrogen) atoms. The van der Waals surface area contributed by atoms with E-state index in [4.69, 9.17) is 4.74 Å². The molecular weight excluding hydrogens is 399 g/mol. The molecular formula is C20H23FN2O5S. The van der Waals surface area contributed by atoms with Gasteiger partial charge in [0.2, 0.25) is 10.0 Å². The fraction of sp³-hybridized carbons (Fsp3) is 0.400. The molecule has 2 aromatic rings. The van der Waals surface area contributed by atoms with E-state index in [0.29, 0.717) is 24.1 Å². The van der Waals surface area contributed by atoms with Crippen LogP contribution in [0.25, 0.3) is 0 Å². The van der Waals surface area contributed by atoms with Crippen LogP contribution in [0.1, 0.15) is 51.9 Å². The zero-order chi connectivity index (χ0) is 21.3. The van der Waals surface area contributed by atoms with Crippen LogP contribution in [0.5, 0.6) is 0 Å². The number of aryl methyl sites for hydroxylation is 1. The fourth-order valence-electron chi connectivity index (χ4n) is 3.31. The van der Waals surface area contributed by atoms with Gasteiger partial charge in [0.25, 0.3) is 0 Å². The molecule has 7 nitrogen and oxygen atoms in total. The summed E-state index contributed by atoms with van der Waals surface area (Å²) < 4.78 is 45.4. The summed E-state index contributed by atoms with van der Waals surface area (Å²) in [6, 6.07) is 4.27. The van der Waals surface area contributed by atoms with Gasteiger partial charge in [-0.05, 0) is 63.4 Å². The minimum absolute atomic E-state index is 0.0617. The van der Waals surface area contributed by atoms with Crippen molar-refractivity contribution in [1.29, 1.82) is 0 Å². The third-order valence-electron chi connectivity index (χ3n) is 4.87. The number of nitrogens with one attached hydrogen (secondary N) is 1. The minimum Gasteiger partial charge on any atom is -0.461 e. The highest BCUT2D eigenvalue weighted by molar-refractivity contribution is 7.89. The highest BCUT2D eigenvalue weighted by Crippen LogP contribution is 2.33. The van der Waals surface area contributed by atoms with Gasteiger partial charge in [-0.3, -0.25) is 4.79 Å². The lowest BCUT2D eigenvalue weighted by Crippen LogP contribution is -2.37. The molecule has 1 aliphatic rings. The zero-order valence-electron chi connectivity index (χ0n) is 16.5. The van der Waals surface area contributed by atoms with Gasteiger partial charge in [-0.2, -0.15) is 4.31 Å². The highest BCUT2D eigenvalue weighted by Gasteiger charge is 2.40. The van der Waals surface area contributed by atoms with E-state index in [1.807, 2.05) is 0 Å². The molecule has 1 heterocycles. The summed E-state index contributed by atoms with van der Waals surface area (Å²) >= 11 is 0. The topological polar surface area (TPSA) is 96.5 Å². The lowest BCUT2D eigenvalue weighted by atomic mass is 10.1. The fourth-order valence-corrected chi connectivity index (χ4v) is 4.95. The molecule has 0 unspecified atom stereocenters. The summed E-state index contributed by atoms with van der Waals surface area (Å²) in [6.45, 7) is 4.80. The SMILES string of the molecule is CCOC(=O)c1[nH]c(C)c(C(=O)CN(C2CC2)S(=O)(=O)c2ccc(F)cc2)c1C. The van der Waals surface area contributed by atoms with Crippen LogP contribution in [-0.2, 0) is 14.8 Å². The number of aromatic amines is 1. The number of halogens is 1. The minimum atomic E-state index is -3.96. The van der Waals surface area contributed by atoms with Crippen LogP contribution >= 0.6 is 0 Å². The molecule has 0 bridgehead atoms. The standard InChI is InChI=1S/C20H23FN2O5S/c1-4-28-20(25)19-12(2)18(13(3)22-19)17(24)11-23(15-7-8-15)29(26,27)16-9-5-14(21)6-10-16/h5-6,9-10,15,22H,4,7-8,11H2,1-3H3. The van der Waals surface area contributed by atoms with Crippen molar-refractivity contribution in [2.45, 2.75) is 44.6 Å². The molecule has 0 spiro atoms. The Labute approximate surface area is 168 Å². The third-order valence-corrected chi connectivity index (χ3v) is 6.78. The molecule has 1 saturated carbocycles. The van der Waals surface area contributed by atoms with Crippen LogP contribution in [0, 0.1) is 19.7 Å². The van der Waals surface area contributed by atoms with Crippen LogP contribution < -0.4 is 0 Å². The first-order valence-corrected chi connectivity index (χ1v) is 10.8. The smallest absolute Gasteiger partial charge is 0.355 e. The molecule has 156 valence electrons. The average molecular weight is 422 g/mol. The summed E-state index contributed by atoms with van der Waals surface area (Å²) in [5, 5.41) is 0. The van der Waals surface area contributed by atoms with Gasteiger partial charge in [-0.25, -0.2) is 17.6 Å². The number of ether oxygens (including phenoxy) is 1. The van der Waals surface area contributed by atoms with Gasteiger partial charge in [0.05, 0.1) is 18.0 Å². The maximum Gasteiger partial charge on any atom is 0.355 e. The van der Waals surface area contributed by atoms with Crippen LogP contribution in [0.3, 0.4) is 0 Å². The van der Waals surface area contributed by atoms with Crippen molar-refractivity contribution in [3.63, 3.8) is 0 Å². The Bertz CT molecular complexity index is 1040. The Balaban J connectivity index is 1.90. The predicted octanol–water partition coefficient (Wildman–Crippen LogP) is 2.98. The molecule has 1 N–H and O–H groups in total. The van der Waals surface area contributed by atoms with Crippen LogP contribution in [0.15, 0.2) is 29.2 Å². The molecule has 0 aliphatic heterocycles. The van der Waals surface area contributed by atoms with Crippen LogP contribution in [0.2, 0.25) is 0 Å². The summed E-state index contributed by atoms with van der Waals surface area (Å²) in [4.78, 5) is 27.9. The van der Waals surface area contributed by atoms with Crippen molar-refractivity contribution < 1.29 is 27.1 Å². The lowest BCUT2D eigenvalue weighted by Gasteiger charge is -2.21. The van der Waals surface area contributed by atoms with Gasteiger partial charge in [0, 0.05) is 17.3 Å². The van der Waals surface area contributed by atoms with Gasteiger partial charge < -0.3 is 9.72 Å². The molecule has 1 aromatic carbocycles. The molecule has 0 amide bonds. The number of esters is 1. The predicted molar refractivity (Wildman–Crippen MR) is 104 cm³/mol. The first-order chi connectivity index (χ1) is 13.7. The number of nitrogens with zero attached hydrogens (tertiary/aromatic N) is 1. The summed E-state index contributed by atoms with van der Waals surface area (Å²) in [5.41, 5.74) is 1.38. The zero-order valence-corrected chi connectivity index (χ0v) is 17.3. The van der Waals surface area contributed by atoms with E-state index in [-0.39, 0.29) is 35.3 Å². The second kappa shape index (κ2) is 8.08. The van der Waals surface area contributed by atoms with Gasteiger partial charge in [0.15, 0.2) is 5.78 Å². The summed E-state index contributed by atoms with van der Waals surface area (Å²) in [5.74, 6) is -1.52. The molecule has 0 saturated heterocycles. The normalized spacial score (nSPS) is 14.2. The maximum atomic E-state index is 13.2. The van der Waals surface area contributed by atoms with E-state index in [1.165, 1.54) is 16.4 Å². The molecule has 3 rings (SSSR count). The van der Waals surface area contributed by atoms with Crippen molar-refractivity contribution in [2.75, 3.05) is 13.2 Å². The maximum absolute atomic E-state index is 13.2. The summed E-state index contributed by atoms with van der Waals surface area (Å²) in [6.07, 6.45) is 1.32. The third kappa shape index (κ3) is 4.25. The number of H-pyrrole nitrogens is 1. The van der Waals surface area contributed by atoms with Crippen LogP contribution in [-0.4, -0.2) is 48.7 Å². The summed E-state index contributed by atoms with van der Waals surface area (Å²) in [7, 11) is -3.96. The number of carbonyl (C=O) groups excluding carboxylic acids is 2. The van der Waals surface area contributed by atoms with Crippen molar-refractivity contribution in [2.24, 2.45) is 0 Å². The highest BCUT2D eigenvalue weighted by atomic mass is 32.2. The monoisotopic (exact) mass is 422 g/mol. The largest absolute Gasteiger partial charge is 0.461 e. The van der Waals surface area contributed by atoms with E-state index in [9.17, 15) is 22.4 Å². The molecule has 1 aromatic heterocycles. The number of rotatable bonds is 8. The average Bonchev–Trinajstić information content (AvgIpc) is 3.44. The number of hydrogen-bond donors (Lipinski definition) is 1. The number of ketones is 1. The van der Waals surface area contributed by atoms with Gasteiger partial charge >= 0.3 is 5.97 Å². The Morgan fingerprint density at radius 3 is 2.38 bits per heavy atom. The van der Waals surface area contributed by atoms with Crippen molar-refractivity contribution >= 4 is 21.8 Å². The number of benzene rings is 1. The number of Topliss-reactive ketones (excluding diaryl/α,β-unsaturated/α-hetero) is 1. The lowest BCUT2D eigenvalue weighted by molar-refractivity contribution is 0.0519. The Kier molecular flexibility index (Phi) is 5.90. The molecule has 1 aliphatic carbocycles. The number of hydrogen-bond acceptors (Lipinski definition) is 5. The van der Waals surface area contributed by atoms with E-state index < -0.39 is 27.6 Å². The van der Waals surface area contributed by atoms with Gasteiger partial charge in [0.1, 0.15) is 11.5 Å². The molecule has 1 fully saturated rings. The molecule has 0 radical (unpaired) electrons. The Morgan fingerprint density at radius 2 is 1.83 bits per heavy atom. The van der Waals surface area contributed by atoms with E-state index in [0.717, 1.165) is 12.1 Å². The number of aromatic nitrogens is 1. The van der Waals surface area contributed by atoms with Crippen molar-refractivity contribution in [1.82, 2.24) is 9.29 Å². The Morgan fingerprint density at radius 1 is 1.21 bits per heavy atom. The first kappa shape index (κ1) is 21.2. The quantitative estimate of drug-likeness (QED) is 0.521. The van der Waals surface area contributed by atoms with Crippen molar-refractivity contribution in [3.8, 4) is 0 Å². The second-order valence-electron chi connectivity index (χ2n) is 7.00. The van der Waals surface area contributed by atoms with E-state index >= 15 is 0 Å². The molecule has 0 atom stereocenters. The van der Waals surface area contributed by atoms with Crippen LogP contribution in [0.4, 0.5) is 4.39 Å².